The molecule has 2 aromatic rings. The van der Waals surface area contributed by atoms with E-state index in [0.29, 0.717) is 31.7 Å². The molecule has 108 valence electrons. The highest BCUT2D eigenvalue weighted by Crippen LogP contribution is 2.27. The maximum atomic E-state index is 9.26. The van der Waals surface area contributed by atoms with Gasteiger partial charge in [0.2, 0.25) is 0 Å². The molecule has 0 spiro atoms. The summed E-state index contributed by atoms with van der Waals surface area (Å²) in [5.41, 5.74) is 2.25. The van der Waals surface area contributed by atoms with Crippen molar-refractivity contribution in [3.05, 3.63) is 36.0 Å². The molecule has 0 unspecified atom stereocenters. The van der Waals surface area contributed by atoms with Crippen molar-refractivity contribution in [3.8, 4) is 6.07 Å². The number of hydrogen-bond acceptors (Lipinski definition) is 5. The topological polar surface area (TPSA) is 67.2 Å². The normalized spacial score (nSPS) is 16.8. The second kappa shape index (κ2) is 5.68. The zero-order chi connectivity index (χ0) is 14.7. The van der Waals surface area contributed by atoms with Gasteiger partial charge in [-0.3, -0.25) is 4.98 Å². The molecule has 0 atom stereocenters. The van der Waals surface area contributed by atoms with E-state index in [0.717, 1.165) is 16.6 Å². The number of nitrogens with zero attached hydrogens (tertiary/aromatic N) is 2. The van der Waals surface area contributed by atoms with E-state index in [2.05, 4.69) is 16.4 Å². The third-order valence-corrected chi connectivity index (χ3v) is 3.67. The van der Waals surface area contributed by atoms with Crippen molar-refractivity contribution in [2.45, 2.75) is 19.1 Å². The lowest BCUT2D eigenvalue weighted by Gasteiger charge is -2.22. The molecule has 1 saturated heterocycles. The molecule has 1 aliphatic rings. The molecule has 1 aromatic carbocycles. The maximum Gasteiger partial charge on any atom is 0.167 e. The Morgan fingerprint density at radius 3 is 2.86 bits per heavy atom. The van der Waals surface area contributed by atoms with Crippen molar-refractivity contribution >= 4 is 16.6 Å². The molecule has 3 rings (SSSR count). The number of aromatic nitrogens is 1. The minimum absolute atomic E-state index is 0.525. The van der Waals surface area contributed by atoms with Crippen LogP contribution in [-0.4, -0.2) is 30.5 Å². The van der Waals surface area contributed by atoms with Gasteiger partial charge in [-0.2, -0.15) is 5.26 Å². The lowest BCUT2D eigenvalue weighted by molar-refractivity contribution is -0.144. The molecule has 0 radical (unpaired) electrons. The van der Waals surface area contributed by atoms with Gasteiger partial charge in [-0.05, 0) is 13.0 Å². The number of rotatable bonds is 4. The van der Waals surface area contributed by atoms with E-state index in [1.54, 1.807) is 6.20 Å². The van der Waals surface area contributed by atoms with E-state index in [9.17, 15) is 5.26 Å². The molecule has 1 aliphatic heterocycles. The Balaban J connectivity index is 1.81. The Morgan fingerprint density at radius 1 is 1.33 bits per heavy atom. The summed E-state index contributed by atoms with van der Waals surface area (Å²) in [4.78, 5) is 4.30. The minimum Gasteiger partial charge on any atom is -0.383 e. The first-order chi connectivity index (χ1) is 10.2. The fraction of sp³-hybridized carbons (Fsp3) is 0.375. The van der Waals surface area contributed by atoms with Crippen molar-refractivity contribution in [1.29, 1.82) is 5.26 Å². The number of anilines is 1. The van der Waals surface area contributed by atoms with Gasteiger partial charge in [0.25, 0.3) is 0 Å². The third kappa shape index (κ3) is 2.82. The number of benzene rings is 1. The van der Waals surface area contributed by atoms with Gasteiger partial charge in [0.15, 0.2) is 5.79 Å². The molecule has 0 aliphatic carbocycles. The highest BCUT2D eigenvalue weighted by Gasteiger charge is 2.30. The van der Waals surface area contributed by atoms with Crippen LogP contribution in [0.25, 0.3) is 10.9 Å². The average Bonchev–Trinajstić information content (AvgIpc) is 2.94. The number of para-hydroxylation sites is 1. The average molecular weight is 283 g/mol. The van der Waals surface area contributed by atoms with Crippen molar-refractivity contribution in [2.75, 3.05) is 25.1 Å². The second-order valence-corrected chi connectivity index (χ2v) is 5.18. The Bertz CT molecular complexity index is 687. The third-order valence-electron chi connectivity index (χ3n) is 3.67. The van der Waals surface area contributed by atoms with Crippen molar-refractivity contribution in [2.24, 2.45) is 0 Å². The molecule has 21 heavy (non-hydrogen) atoms. The summed E-state index contributed by atoms with van der Waals surface area (Å²) in [6, 6.07) is 9.98. The van der Waals surface area contributed by atoms with Gasteiger partial charge in [0.05, 0.1) is 30.0 Å². The van der Waals surface area contributed by atoms with Gasteiger partial charge in [-0.25, -0.2) is 0 Å². The number of fused-ring (bicyclic) bond motifs is 1. The molecule has 0 saturated carbocycles. The zero-order valence-electron chi connectivity index (χ0n) is 11.9. The molecule has 5 nitrogen and oxygen atoms in total. The first kappa shape index (κ1) is 13.8. The van der Waals surface area contributed by atoms with Crippen LogP contribution in [0.4, 0.5) is 5.69 Å². The highest BCUT2D eigenvalue weighted by molar-refractivity contribution is 5.93. The predicted molar refractivity (Wildman–Crippen MR) is 79.9 cm³/mol. The van der Waals surface area contributed by atoms with Gasteiger partial charge in [-0.1, -0.05) is 18.2 Å². The Labute approximate surface area is 123 Å². The van der Waals surface area contributed by atoms with Gasteiger partial charge in [-0.15, -0.1) is 0 Å². The monoisotopic (exact) mass is 283 g/mol. The summed E-state index contributed by atoms with van der Waals surface area (Å²) in [5, 5.41) is 13.6. The number of hydrogen-bond donors (Lipinski definition) is 1. The minimum atomic E-state index is -0.525. The SMILES string of the molecule is CC1(CCNc2c(C#N)cnc3ccccc23)OCCO1. The van der Waals surface area contributed by atoms with E-state index in [-0.39, 0.29) is 0 Å². The number of ether oxygens (including phenoxy) is 2. The smallest absolute Gasteiger partial charge is 0.167 e. The van der Waals surface area contributed by atoms with E-state index >= 15 is 0 Å². The van der Waals surface area contributed by atoms with Crippen LogP contribution in [0.2, 0.25) is 0 Å². The zero-order valence-corrected chi connectivity index (χ0v) is 11.9. The quantitative estimate of drug-likeness (QED) is 0.934. The van der Waals surface area contributed by atoms with Gasteiger partial charge in [0, 0.05) is 24.5 Å². The van der Waals surface area contributed by atoms with Crippen molar-refractivity contribution in [3.63, 3.8) is 0 Å². The molecule has 1 aromatic heterocycles. The Kier molecular flexibility index (Phi) is 3.74. The van der Waals surface area contributed by atoms with Gasteiger partial charge < -0.3 is 14.8 Å². The van der Waals surface area contributed by atoms with Crippen LogP contribution in [-0.2, 0) is 9.47 Å². The lowest BCUT2D eigenvalue weighted by atomic mass is 10.1. The van der Waals surface area contributed by atoms with E-state index < -0.39 is 5.79 Å². The van der Waals surface area contributed by atoms with Crippen LogP contribution in [0.5, 0.6) is 0 Å². The number of nitrogens with one attached hydrogen (secondary N) is 1. The first-order valence-electron chi connectivity index (χ1n) is 7.01. The first-order valence-corrected chi connectivity index (χ1v) is 7.01. The van der Waals surface area contributed by atoms with E-state index in [1.165, 1.54) is 0 Å². The molecule has 2 heterocycles. The second-order valence-electron chi connectivity index (χ2n) is 5.18. The van der Waals surface area contributed by atoms with E-state index in [1.807, 2.05) is 31.2 Å². The molecule has 5 heteroatoms. The molecule has 1 N–H and O–H groups in total. The van der Waals surface area contributed by atoms with E-state index in [4.69, 9.17) is 9.47 Å². The molecular weight excluding hydrogens is 266 g/mol. The summed E-state index contributed by atoms with van der Waals surface area (Å²) < 4.78 is 11.2. The van der Waals surface area contributed by atoms with Crippen LogP contribution in [0.15, 0.2) is 30.5 Å². The van der Waals surface area contributed by atoms with Crippen molar-refractivity contribution < 1.29 is 9.47 Å². The number of nitriles is 1. The largest absolute Gasteiger partial charge is 0.383 e. The van der Waals surface area contributed by atoms with Gasteiger partial charge in [0.1, 0.15) is 6.07 Å². The van der Waals surface area contributed by atoms with Crippen molar-refractivity contribution in [1.82, 2.24) is 4.98 Å². The molecular formula is C16H17N3O2. The summed E-state index contributed by atoms with van der Waals surface area (Å²) in [5.74, 6) is -0.525. The van der Waals surface area contributed by atoms with Crippen LogP contribution in [0.3, 0.4) is 0 Å². The maximum absolute atomic E-state index is 9.26. The summed E-state index contributed by atoms with van der Waals surface area (Å²) >= 11 is 0. The predicted octanol–water partition coefficient (Wildman–Crippen LogP) is 2.67. The van der Waals surface area contributed by atoms with Crippen LogP contribution in [0, 0.1) is 11.3 Å². The number of pyridine rings is 1. The van der Waals surface area contributed by atoms with Crippen LogP contribution in [0.1, 0.15) is 18.9 Å². The van der Waals surface area contributed by atoms with Gasteiger partial charge >= 0.3 is 0 Å². The summed E-state index contributed by atoms with van der Waals surface area (Å²) in [6.07, 6.45) is 2.32. The molecule has 0 amide bonds. The lowest BCUT2D eigenvalue weighted by Crippen LogP contribution is -2.28. The fourth-order valence-corrected chi connectivity index (χ4v) is 2.53. The van der Waals surface area contributed by atoms with Crippen LogP contribution < -0.4 is 5.32 Å². The Morgan fingerprint density at radius 2 is 2.10 bits per heavy atom. The molecule has 1 fully saturated rings. The Hall–Kier alpha value is -2.16. The molecule has 0 bridgehead atoms. The fourth-order valence-electron chi connectivity index (χ4n) is 2.53. The summed E-state index contributed by atoms with van der Waals surface area (Å²) in [6.45, 7) is 3.88. The summed E-state index contributed by atoms with van der Waals surface area (Å²) in [7, 11) is 0. The standard InChI is InChI=1S/C16H17N3O2/c1-16(20-8-9-21-16)6-7-18-15-12(10-17)11-19-14-5-3-2-4-13(14)15/h2-5,11H,6-9H2,1H3,(H,18,19). The van der Waals surface area contributed by atoms with Crippen LogP contribution >= 0.6 is 0 Å². The highest BCUT2D eigenvalue weighted by atomic mass is 16.7.